The second-order valence-corrected chi connectivity index (χ2v) is 17.5. The Morgan fingerprint density at radius 2 is 1.09 bits per heavy atom. The number of aliphatic carboxylic acids is 1. The molecule has 12 nitrogen and oxygen atoms in total. The van der Waals surface area contributed by atoms with Crippen molar-refractivity contribution in [2.24, 2.45) is 17.6 Å². The highest BCUT2D eigenvalue weighted by Gasteiger charge is 2.59. The molecule has 340 valence electrons. The summed E-state index contributed by atoms with van der Waals surface area (Å²) in [5, 5.41) is 44.5. The fourth-order valence-corrected chi connectivity index (χ4v) is 8.25. The molecule has 6 atom stereocenters. The minimum absolute atomic E-state index is 0.104. The normalized spacial score (nSPS) is 21.3. The van der Waals surface area contributed by atoms with Crippen molar-refractivity contribution in [2.45, 2.75) is 244 Å². The lowest BCUT2D eigenvalue weighted by atomic mass is 9.79. The van der Waals surface area contributed by atoms with Gasteiger partial charge in [0, 0.05) is 19.4 Å². The molecular formula is C46H87N3O9. The van der Waals surface area contributed by atoms with Crippen LogP contribution in [-0.4, -0.2) is 92.2 Å². The summed E-state index contributed by atoms with van der Waals surface area (Å²) < 4.78 is 6.14. The third-order valence-corrected chi connectivity index (χ3v) is 11.7. The molecule has 1 saturated heterocycles. The van der Waals surface area contributed by atoms with E-state index >= 15 is 0 Å². The predicted molar refractivity (Wildman–Crippen MR) is 231 cm³/mol. The molecule has 0 unspecified atom stereocenters. The van der Waals surface area contributed by atoms with Gasteiger partial charge in [-0.15, -0.1) is 0 Å². The van der Waals surface area contributed by atoms with Crippen LogP contribution in [0.4, 0.5) is 0 Å². The molecular weight excluding hydrogens is 739 g/mol. The lowest BCUT2D eigenvalue weighted by Gasteiger charge is -2.53. The number of aliphatic hydroxyl groups is 3. The van der Waals surface area contributed by atoms with Crippen molar-refractivity contribution in [3.8, 4) is 0 Å². The number of ketones is 1. The number of aliphatic hydroxyl groups excluding tert-OH is 3. The average molecular weight is 826 g/mol. The molecule has 0 aromatic rings. The number of nitrogens with one attached hydrogen (secondary N) is 1. The molecule has 12 heteroatoms. The van der Waals surface area contributed by atoms with Crippen molar-refractivity contribution in [2.75, 3.05) is 13.2 Å². The van der Waals surface area contributed by atoms with Gasteiger partial charge in [0.1, 0.15) is 18.1 Å². The van der Waals surface area contributed by atoms with Gasteiger partial charge in [0.2, 0.25) is 17.7 Å². The van der Waals surface area contributed by atoms with Crippen LogP contribution in [0.3, 0.4) is 0 Å². The highest BCUT2D eigenvalue weighted by atomic mass is 16.6. The Bertz CT molecular complexity index is 1110. The first-order chi connectivity index (χ1) is 27.8. The van der Waals surface area contributed by atoms with Crippen molar-refractivity contribution >= 4 is 23.6 Å². The van der Waals surface area contributed by atoms with E-state index in [-0.39, 0.29) is 37.6 Å². The number of carboxylic acid groups (broad SMARTS) is 1. The van der Waals surface area contributed by atoms with Crippen molar-refractivity contribution in [3.63, 3.8) is 0 Å². The van der Waals surface area contributed by atoms with Crippen molar-refractivity contribution < 1.29 is 44.3 Å². The summed E-state index contributed by atoms with van der Waals surface area (Å²) >= 11 is 0. The zero-order valence-corrected chi connectivity index (χ0v) is 37.2. The minimum Gasteiger partial charge on any atom is -0.481 e. The molecule has 0 saturated carbocycles. The topological polar surface area (TPSA) is 200 Å². The maximum atomic E-state index is 14.5. The van der Waals surface area contributed by atoms with E-state index in [2.05, 4.69) is 19.2 Å². The number of carbonyl (C=O) groups excluding carboxylic acids is 3. The van der Waals surface area contributed by atoms with E-state index in [4.69, 9.17) is 15.6 Å². The van der Waals surface area contributed by atoms with Crippen LogP contribution in [0.5, 0.6) is 0 Å². The number of hydrogen-bond acceptors (Lipinski definition) is 9. The molecule has 2 amide bonds. The Labute approximate surface area is 352 Å². The lowest BCUT2D eigenvalue weighted by molar-refractivity contribution is -0.292. The number of nitrogens with two attached hydrogens (primary N) is 1. The number of Topliss-reactive ketones (excluding diaryl/α,β-unsaturated/α-hetero) is 1. The van der Waals surface area contributed by atoms with Gasteiger partial charge in [0.25, 0.3) is 0 Å². The number of nitrogens with zero attached hydrogens (tertiary/aromatic N) is 1. The second-order valence-electron chi connectivity index (χ2n) is 17.5. The van der Waals surface area contributed by atoms with Crippen LogP contribution in [0, 0.1) is 11.8 Å². The maximum absolute atomic E-state index is 14.5. The molecule has 58 heavy (non-hydrogen) atoms. The predicted octanol–water partition coefficient (Wildman–Crippen LogP) is 8.30. The second kappa shape index (κ2) is 32.6. The molecule has 0 radical (unpaired) electrons. The summed E-state index contributed by atoms with van der Waals surface area (Å²) in [6, 6.07) is -1.20. The van der Waals surface area contributed by atoms with Crippen molar-refractivity contribution in [1.82, 2.24) is 10.2 Å². The van der Waals surface area contributed by atoms with Crippen LogP contribution < -0.4 is 11.1 Å². The maximum Gasteiger partial charge on any atom is 0.303 e. The number of amides is 2. The summed E-state index contributed by atoms with van der Waals surface area (Å²) in [4.78, 5) is 54.0. The first-order valence-corrected chi connectivity index (χ1v) is 23.6. The third-order valence-electron chi connectivity index (χ3n) is 11.7. The number of unbranched alkanes of at least 4 members (excludes halogenated alkanes) is 23. The lowest BCUT2D eigenvalue weighted by Crippen LogP contribution is -2.76. The molecule has 0 bridgehead atoms. The Morgan fingerprint density at radius 1 is 0.655 bits per heavy atom. The van der Waals surface area contributed by atoms with Crippen LogP contribution in [0.1, 0.15) is 214 Å². The standard InChI is InChI=1S/C46H87N3O9/c1-5-7-9-11-13-15-16-17-18-19-20-21-23-25-27-29-33-49(40(52)30-28-26-24-22-14-12-10-8-6-2)46(47)42(45(57)44(56)38(35-50)58-46)43(55)37(34-36(3)4)48-39(51)31-32-41(53)54/h36-38,42,44-45,50,56-57H,5-35,47H2,1-4H3,(H,48,51)(H,53,54)/t37-,38+,42+,44+,45+,46-/m0/s1. The summed E-state index contributed by atoms with van der Waals surface area (Å²) in [5.74, 6) is -6.88. The van der Waals surface area contributed by atoms with Gasteiger partial charge >= 0.3 is 5.97 Å². The highest BCUT2D eigenvalue weighted by molar-refractivity contribution is 5.93. The number of hydrogen-bond donors (Lipinski definition) is 6. The Hall–Kier alpha value is -2.12. The van der Waals surface area contributed by atoms with Gasteiger partial charge in [-0.05, 0) is 25.2 Å². The van der Waals surface area contributed by atoms with Crippen LogP contribution in [0.15, 0.2) is 0 Å². The van der Waals surface area contributed by atoms with Gasteiger partial charge in [-0.1, -0.05) is 175 Å². The summed E-state index contributed by atoms with van der Waals surface area (Å²) in [7, 11) is 0. The van der Waals surface area contributed by atoms with Crippen LogP contribution in [0.25, 0.3) is 0 Å². The van der Waals surface area contributed by atoms with Crippen LogP contribution in [0.2, 0.25) is 0 Å². The zero-order chi connectivity index (χ0) is 43.2. The largest absolute Gasteiger partial charge is 0.481 e. The monoisotopic (exact) mass is 826 g/mol. The summed E-state index contributed by atoms with van der Waals surface area (Å²) in [5.41, 5.74) is 7.03. The molecule has 1 fully saturated rings. The van der Waals surface area contributed by atoms with Crippen LogP contribution >= 0.6 is 0 Å². The first kappa shape index (κ1) is 53.9. The number of carboxylic acids is 1. The molecule has 0 aromatic heterocycles. The van der Waals surface area contributed by atoms with Crippen LogP contribution in [-0.2, 0) is 23.9 Å². The van der Waals surface area contributed by atoms with E-state index in [1.54, 1.807) is 0 Å². The Morgan fingerprint density at radius 3 is 1.50 bits per heavy atom. The highest BCUT2D eigenvalue weighted by Crippen LogP contribution is 2.37. The Balaban J connectivity index is 3.06. The van der Waals surface area contributed by atoms with E-state index in [1.165, 1.54) is 101 Å². The van der Waals surface area contributed by atoms with Gasteiger partial charge in [0.05, 0.1) is 25.2 Å². The molecule has 0 spiro atoms. The molecule has 1 aliphatic rings. The fourth-order valence-electron chi connectivity index (χ4n) is 8.25. The van der Waals surface area contributed by atoms with Gasteiger partial charge in [-0.2, -0.15) is 0 Å². The third kappa shape index (κ3) is 21.9. The fraction of sp³-hybridized carbons (Fsp3) is 0.913. The molecule has 0 aliphatic carbocycles. The smallest absolute Gasteiger partial charge is 0.303 e. The van der Waals surface area contributed by atoms with Gasteiger partial charge < -0.3 is 35.4 Å². The molecule has 1 aliphatic heterocycles. The number of ether oxygens (including phenoxy) is 1. The SMILES string of the molecule is CCCCCCCCCCCCCCCCCCN(C(=O)CCCCCCCCCCC)[C@]1(N)O[C@H](CO)[C@@H](O)[C@H](O)[C@H]1C(=O)[C@H](CC(C)C)NC(=O)CCC(=O)O. The Kier molecular flexibility index (Phi) is 30.3. The minimum atomic E-state index is -2.23. The van der Waals surface area contributed by atoms with Gasteiger partial charge in [-0.25, -0.2) is 0 Å². The van der Waals surface area contributed by atoms with Crippen molar-refractivity contribution in [3.05, 3.63) is 0 Å². The van der Waals surface area contributed by atoms with E-state index in [1.807, 2.05) is 13.8 Å². The van der Waals surface area contributed by atoms with E-state index in [0.29, 0.717) is 12.8 Å². The summed E-state index contributed by atoms with van der Waals surface area (Å²) in [6.45, 7) is 7.58. The zero-order valence-electron chi connectivity index (χ0n) is 37.2. The molecule has 7 N–H and O–H groups in total. The van der Waals surface area contributed by atoms with E-state index in [9.17, 15) is 34.5 Å². The first-order valence-electron chi connectivity index (χ1n) is 23.6. The summed E-state index contributed by atoms with van der Waals surface area (Å²) in [6.07, 6.45) is 23.3. The van der Waals surface area contributed by atoms with E-state index in [0.717, 1.165) is 51.4 Å². The molecule has 1 heterocycles. The average Bonchev–Trinajstić information content (AvgIpc) is 3.18. The number of rotatable bonds is 37. The van der Waals surface area contributed by atoms with Crippen molar-refractivity contribution in [1.29, 1.82) is 0 Å². The molecule has 1 rings (SSSR count). The van der Waals surface area contributed by atoms with Gasteiger partial charge in [0.15, 0.2) is 5.78 Å². The number of carbonyl (C=O) groups is 4. The quantitative estimate of drug-likeness (QED) is 0.0262. The van der Waals surface area contributed by atoms with E-state index < -0.39 is 66.8 Å². The molecule has 0 aromatic carbocycles. The van der Waals surface area contributed by atoms with Gasteiger partial charge in [-0.3, -0.25) is 24.9 Å².